The van der Waals surface area contributed by atoms with Crippen LogP contribution in [0.25, 0.3) is 11.0 Å². The number of rotatable bonds is 9. The Morgan fingerprint density at radius 3 is 2.54 bits per heavy atom. The number of methoxy groups -OCH3 is 1. The van der Waals surface area contributed by atoms with E-state index in [4.69, 9.17) is 4.74 Å². The van der Waals surface area contributed by atoms with E-state index >= 15 is 0 Å². The molecule has 0 aliphatic carbocycles. The second-order valence-electron chi connectivity index (χ2n) is 8.29. The third-order valence-corrected chi connectivity index (χ3v) is 5.72. The summed E-state index contributed by atoms with van der Waals surface area (Å²) in [4.78, 5) is 30.0. The van der Waals surface area contributed by atoms with Gasteiger partial charge in [-0.2, -0.15) is 0 Å². The van der Waals surface area contributed by atoms with Crippen molar-refractivity contribution in [1.29, 1.82) is 0 Å². The second kappa shape index (κ2) is 10.9. The third kappa shape index (κ3) is 5.91. The number of imidazole rings is 1. The Hall–Kier alpha value is -4.04. The minimum Gasteiger partial charge on any atom is -0.375 e. The molecule has 0 aliphatic heterocycles. The maximum Gasteiger partial charge on any atom is 0.254 e. The molecule has 1 unspecified atom stereocenters. The summed E-state index contributed by atoms with van der Waals surface area (Å²) in [5.41, 5.74) is 4.05. The van der Waals surface area contributed by atoms with Gasteiger partial charge in [0.2, 0.25) is 5.91 Å². The first-order chi connectivity index (χ1) is 16.9. The molecule has 0 saturated carbocycles. The van der Waals surface area contributed by atoms with E-state index in [2.05, 4.69) is 27.8 Å². The molecule has 1 aromatic heterocycles. The van der Waals surface area contributed by atoms with Gasteiger partial charge in [-0.15, -0.1) is 0 Å². The predicted octanol–water partition coefficient (Wildman–Crippen LogP) is 4.49. The average molecular weight is 475 g/mol. The molecule has 0 aliphatic rings. The molecule has 2 N–H and O–H groups in total. The van der Waals surface area contributed by atoms with Crippen molar-refractivity contribution in [2.45, 2.75) is 25.9 Å². The molecular weight excluding hydrogens is 447 g/mol. The molecule has 0 fully saturated rings. The fourth-order valence-corrected chi connectivity index (χ4v) is 3.96. The molecule has 0 bridgehead atoms. The zero-order valence-electron chi connectivity index (χ0n) is 19.6. The molecule has 1 heterocycles. The summed E-state index contributed by atoms with van der Waals surface area (Å²) in [6.07, 6.45) is 2.47. The maximum atomic E-state index is 13.4. The van der Waals surface area contributed by atoms with Crippen LogP contribution in [0, 0.1) is 5.82 Å². The number of halogens is 1. The molecule has 0 radical (unpaired) electrons. The summed E-state index contributed by atoms with van der Waals surface area (Å²) < 4.78 is 20.2. The van der Waals surface area contributed by atoms with Gasteiger partial charge in [0.05, 0.1) is 29.0 Å². The van der Waals surface area contributed by atoms with Gasteiger partial charge in [0.15, 0.2) is 0 Å². The van der Waals surface area contributed by atoms with Crippen LogP contribution >= 0.6 is 0 Å². The van der Waals surface area contributed by atoms with Crippen LogP contribution in [0.15, 0.2) is 73.1 Å². The van der Waals surface area contributed by atoms with Gasteiger partial charge < -0.3 is 19.9 Å². The van der Waals surface area contributed by atoms with Gasteiger partial charge in [-0.05, 0) is 48.7 Å². The number of hydrogen-bond acceptors (Lipinski definition) is 4. The highest BCUT2D eigenvalue weighted by atomic mass is 19.1. The molecule has 4 rings (SSSR count). The molecule has 35 heavy (non-hydrogen) atoms. The van der Waals surface area contributed by atoms with Gasteiger partial charge >= 0.3 is 0 Å². The highest BCUT2D eigenvalue weighted by molar-refractivity contribution is 6.07. The summed E-state index contributed by atoms with van der Waals surface area (Å²) in [6, 6.07) is 19.1. The Kier molecular flexibility index (Phi) is 7.52. The van der Waals surface area contributed by atoms with E-state index in [0.717, 1.165) is 12.0 Å². The molecule has 8 heteroatoms. The molecule has 0 spiro atoms. The van der Waals surface area contributed by atoms with Crippen LogP contribution in [0.2, 0.25) is 0 Å². The van der Waals surface area contributed by atoms with Crippen molar-refractivity contribution in [3.63, 3.8) is 0 Å². The lowest BCUT2D eigenvalue weighted by molar-refractivity contribution is -0.119. The van der Waals surface area contributed by atoms with Gasteiger partial charge in [0, 0.05) is 19.3 Å². The van der Waals surface area contributed by atoms with Gasteiger partial charge in [0.25, 0.3) is 5.91 Å². The fourth-order valence-electron chi connectivity index (χ4n) is 3.96. The summed E-state index contributed by atoms with van der Waals surface area (Å²) >= 11 is 0. The van der Waals surface area contributed by atoms with E-state index in [1.165, 1.54) is 24.8 Å². The van der Waals surface area contributed by atoms with Crippen LogP contribution in [0.1, 0.15) is 34.5 Å². The summed E-state index contributed by atoms with van der Waals surface area (Å²) in [6.45, 7) is 2.36. The van der Waals surface area contributed by atoms with Crippen molar-refractivity contribution in [3.05, 3.63) is 95.6 Å². The number of nitrogens with zero attached hydrogens (tertiary/aromatic N) is 2. The Morgan fingerprint density at radius 2 is 1.83 bits per heavy atom. The topological polar surface area (TPSA) is 85.2 Å². The smallest absolute Gasteiger partial charge is 0.254 e. The number of hydrogen-bond donors (Lipinski definition) is 2. The van der Waals surface area contributed by atoms with E-state index in [9.17, 15) is 14.0 Å². The number of aryl methyl sites for hydroxylation is 2. The number of anilines is 1. The minimum atomic E-state index is -0.356. The van der Waals surface area contributed by atoms with E-state index < -0.39 is 0 Å². The van der Waals surface area contributed by atoms with E-state index in [0.29, 0.717) is 28.8 Å². The molecule has 4 aromatic rings. The maximum absolute atomic E-state index is 13.4. The van der Waals surface area contributed by atoms with Crippen LogP contribution in [-0.2, 0) is 22.5 Å². The van der Waals surface area contributed by atoms with Crippen molar-refractivity contribution in [2.75, 3.05) is 19.0 Å². The van der Waals surface area contributed by atoms with Crippen LogP contribution in [0.5, 0.6) is 0 Å². The third-order valence-electron chi connectivity index (χ3n) is 5.72. The monoisotopic (exact) mass is 474 g/mol. The molecule has 2 amide bonds. The zero-order valence-corrected chi connectivity index (χ0v) is 19.6. The van der Waals surface area contributed by atoms with Crippen LogP contribution in [0.4, 0.5) is 10.1 Å². The van der Waals surface area contributed by atoms with Crippen LogP contribution < -0.4 is 10.6 Å². The summed E-state index contributed by atoms with van der Waals surface area (Å²) in [5.74, 6) is -0.992. The van der Waals surface area contributed by atoms with Crippen molar-refractivity contribution in [2.24, 2.45) is 0 Å². The van der Waals surface area contributed by atoms with Gasteiger partial charge in [-0.3, -0.25) is 9.59 Å². The number of ether oxygens (including phenoxy) is 1. The van der Waals surface area contributed by atoms with E-state index in [1.807, 2.05) is 29.7 Å². The minimum absolute atomic E-state index is 0.104. The first-order valence-electron chi connectivity index (χ1n) is 11.3. The molecular formula is C27H27FN4O3. The van der Waals surface area contributed by atoms with Crippen LogP contribution in [0.3, 0.4) is 0 Å². The molecule has 1 atom stereocenters. The molecule has 3 aromatic carbocycles. The number of carbonyl (C=O) groups excluding carboxylic acids is 2. The SMILES string of the molecule is COCC(=O)Nc1cc(C(=O)NC(C)c2ccc(F)cc2)c2c(c1)ncn2CCc1ccccc1. The van der Waals surface area contributed by atoms with Crippen LogP contribution in [-0.4, -0.2) is 35.1 Å². The van der Waals surface area contributed by atoms with Crippen molar-refractivity contribution in [3.8, 4) is 0 Å². The number of carbonyl (C=O) groups is 2. The van der Waals surface area contributed by atoms with E-state index in [1.54, 1.807) is 30.6 Å². The van der Waals surface area contributed by atoms with E-state index in [-0.39, 0.29) is 30.3 Å². The second-order valence-corrected chi connectivity index (χ2v) is 8.29. The predicted molar refractivity (Wildman–Crippen MR) is 133 cm³/mol. The molecule has 0 saturated heterocycles. The zero-order chi connectivity index (χ0) is 24.8. The molecule has 180 valence electrons. The summed E-state index contributed by atoms with van der Waals surface area (Å²) in [7, 11) is 1.44. The lowest BCUT2D eigenvalue weighted by atomic mass is 10.1. The lowest BCUT2D eigenvalue weighted by Crippen LogP contribution is -2.27. The van der Waals surface area contributed by atoms with Gasteiger partial charge in [-0.1, -0.05) is 42.5 Å². The first-order valence-corrected chi connectivity index (χ1v) is 11.3. The van der Waals surface area contributed by atoms with Crippen molar-refractivity contribution >= 4 is 28.5 Å². The Morgan fingerprint density at radius 1 is 1.09 bits per heavy atom. The number of aromatic nitrogens is 2. The standard InChI is InChI=1S/C27H27FN4O3/c1-18(20-8-10-21(28)11-9-20)30-27(34)23-14-22(31-25(33)16-35-2)15-24-26(23)32(17-29-24)13-12-19-6-4-3-5-7-19/h3-11,14-15,17-18H,12-13,16H2,1-2H3,(H,30,34)(H,31,33). The highest BCUT2D eigenvalue weighted by Gasteiger charge is 2.19. The highest BCUT2D eigenvalue weighted by Crippen LogP contribution is 2.25. The van der Waals surface area contributed by atoms with Crippen molar-refractivity contribution < 1.29 is 18.7 Å². The lowest BCUT2D eigenvalue weighted by Gasteiger charge is -2.17. The number of nitrogens with one attached hydrogen (secondary N) is 2. The Labute approximate surface area is 202 Å². The number of fused-ring (bicyclic) bond motifs is 1. The Balaban J connectivity index is 1.66. The summed E-state index contributed by atoms with van der Waals surface area (Å²) in [5, 5.41) is 5.73. The number of amides is 2. The van der Waals surface area contributed by atoms with Crippen molar-refractivity contribution in [1.82, 2.24) is 14.9 Å². The number of benzene rings is 3. The largest absolute Gasteiger partial charge is 0.375 e. The normalized spacial score (nSPS) is 11.9. The fraction of sp³-hybridized carbons (Fsp3) is 0.222. The van der Waals surface area contributed by atoms with Gasteiger partial charge in [0.1, 0.15) is 12.4 Å². The van der Waals surface area contributed by atoms with Gasteiger partial charge in [-0.25, -0.2) is 9.37 Å². The Bertz CT molecular complexity index is 1320. The average Bonchev–Trinajstić information content (AvgIpc) is 3.26. The molecule has 7 nitrogen and oxygen atoms in total. The quantitative estimate of drug-likeness (QED) is 0.374. The first kappa shape index (κ1) is 24.1.